The number of hydrogen-bond donors (Lipinski definition) is 1. The van der Waals surface area contributed by atoms with Crippen LogP contribution in [0.5, 0.6) is 0 Å². The molecule has 11 heteroatoms. The zero-order valence-electron chi connectivity index (χ0n) is 20.2. The van der Waals surface area contributed by atoms with Crippen molar-refractivity contribution < 1.29 is 22.8 Å². The van der Waals surface area contributed by atoms with Gasteiger partial charge in [-0.1, -0.05) is 35.9 Å². The van der Waals surface area contributed by atoms with E-state index >= 15 is 0 Å². The lowest BCUT2D eigenvalue weighted by Crippen LogP contribution is -2.12. The van der Waals surface area contributed by atoms with Crippen molar-refractivity contribution in [1.82, 2.24) is 14.5 Å². The van der Waals surface area contributed by atoms with Gasteiger partial charge in [-0.15, -0.1) is 0 Å². The lowest BCUT2D eigenvalue weighted by atomic mass is 10.1. The van der Waals surface area contributed by atoms with Crippen LogP contribution in [0.4, 0.5) is 5.69 Å². The van der Waals surface area contributed by atoms with Crippen molar-refractivity contribution >= 4 is 30.8 Å². The first-order valence-electron chi connectivity index (χ1n) is 11.9. The summed E-state index contributed by atoms with van der Waals surface area (Å²) in [5, 5.41) is 3.52. The van der Waals surface area contributed by atoms with Crippen molar-refractivity contribution in [2.45, 2.75) is 32.3 Å². The monoisotopic (exact) mass is 540 g/mol. The number of oxazole rings is 1. The lowest BCUT2D eigenvalue weighted by Gasteiger charge is -2.22. The summed E-state index contributed by atoms with van der Waals surface area (Å²) in [5.41, 5.74) is 2.95. The van der Waals surface area contributed by atoms with E-state index in [0.717, 1.165) is 23.4 Å². The van der Waals surface area contributed by atoms with Gasteiger partial charge in [0.1, 0.15) is 17.3 Å². The quantitative estimate of drug-likeness (QED) is 0.265. The van der Waals surface area contributed by atoms with E-state index in [0.29, 0.717) is 47.8 Å². The number of carbonyl (C=O) groups is 1. The largest absolute Gasteiger partial charge is 0.427 e. The summed E-state index contributed by atoms with van der Waals surface area (Å²) in [6.45, 7) is 2.75. The van der Waals surface area contributed by atoms with E-state index in [1.165, 1.54) is 0 Å². The lowest BCUT2D eigenvalue weighted by molar-refractivity contribution is -0.116. The number of aromatic nitrogens is 3. The predicted molar refractivity (Wildman–Crippen MR) is 140 cm³/mol. The van der Waals surface area contributed by atoms with Gasteiger partial charge in [0, 0.05) is 41.5 Å². The van der Waals surface area contributed by atoms with Crippen LogP contribution in [-0.2, 0) is 31.0 Å². The molecule has 1 aliphatic rings. The Bertz CT molecular complexity index is 1420. The summed E-state index contributed by atoms with van der Waals surface area (Å²) in [4.78, 5) is 21.6. The topological polar surface area (TPSA) is 108 Å². The Morgan fingerprint density at radius 1 is 1.11 bits per heavy atom. The van der Waals surface area contributed by atoms with Crippen LogP contribution in [0.3, 0.4) is 0 Å². The third-order valence-corrected chi connectivity index (χ3v) is 8.05. The van der Waals surface area contributed by atoms with Crippen LogP contribution < -0.4 is 5.32 Å². The Morgan fingerprint density at radius 2 is 1.84 bits per heavy atom. The zero-order valence-corrected chi connectivity index (χ0v) is 21.9. The van der Waals surface area contributed by atoms with Crippen molar-refractivity contribution in [3.05, 3.63) is 83.1 Å². The molecule has 2 aromatic heterocycles. The highest BCUT2D eigenvalue weighted by Gasteiger charge is 2.28. The number of hydrogen-bond acceptors (Lipinski definition) is 7. The van der Waals surface area contributed by atoms with Gasteiger partial charge in [0.2, 0.25) is 5.91 Å². The first-order chi connectivity index (χ1) is 17.9. The summed E-state index contributed by atoms with van der Waals surface area (Å²) in [6, 6.07) is 14.9. The van der Waals surface area contributed by atoms with Crippen molar-refractivity contribution in [2.75, 3.05) is 18.5 Å². The number of nitrogens with zero attached hydrogens (tertiary/aromatic N) is 3. The second-order valence-corrected chi connectivity index (χ2v) is 11.1. The van der Waals surface area contributed by atoms with Crippen molar-refractivity contribution in [3.8, 4) is 17.3 Å². The fourth-order valence-corrected chi connectivity index (χ4v) is 5.84. The molecule has 1 N–H and O–H groups in total. The van der Waals surface area contributed by atoms with Gasteiger partial charge >= 0.3 is 13.6 Å². The molecular weight excluding hydrogens is 515 g/mol. The summed E-state index contributed by atoms with van der Waals surface area (Å²) < 4.78 is 31.1. The van der Waals surface area contributed by atoms with Gasteiger partial charge in [0.15, 0.2) is 0 Å². The fraction of sp³-hybridized carbons (Fsp3) is 0.269. The Hall–Kier alpha value is -3.23. The molecule has 4 aromatic rings. The van der Waals surface area contributed by atoms with Crippen molar-refractivity contribution in [3.63, 3.8) is 0 Å². The molecule has 0 spiro atoms. The number of rotatable bonds is 8. The maximum atomic E-state index is 12.7. The molecule has 0 atom stereocenters. The summed E-state index contributed by atoms with van der Waals surface area (Å²) >= 11 is 6.06. The van der Waals surface area contributed by atoms with Gasteiger partial charge < -0.3 is 18.8 Å². The van der Waals surface area contributed by atoms with Gasteiger partial charge in [-0.3, -0.25) is 13.9 Å². The van der Waals surface area contributed by atoms with Gasteiger partial charge in [-0.25, -0.2) is 4.98 Å². The molecule has 0 saturated carbocycles. The molecule has 1 fully saturated rings. The molecule has 1 saturated heterocycles. The van der Waals surface area contributed by atoms with Crippen LogP contribution in [0.15, 0.2) is 65.3 Å². The van der Waals surface area contributed by atoms with E-state index in [9.17, 15) is 9.36 Å². The molecule has 1 amide bonds. The Labute approximate surface area is 219 Å². The van der Waals surface area contributed by atoms with E-state index in [1.807, 2.05) is 31.2 Å². The second kappa shape index (κ2) is 11.0. The minimum absolute atomic E-state index is 0.168. The van der Waals surface area contributed by atoms with Crippen LogP contribution in [0.1, 0.15) is 30.0 Å². The highest BCUT2D eigenvalue weighted by atomic mass is 35.5. The maximum Gasteiger partial charge on any atom is 0.335 e. The van der Waals surface area contributed by atoms with Crippen LogP contribution in [0.2, 0.25) is 5.02 Å². The van der Waals surface area contributed by atoms with E-state index < -0.39 is 7.60 Å². The number of aryl methyl sites for hydroxylation is 2. The van der Waals surface area contributed by atoms with E-state index in [4.69, 9.17) is 25.1 Å². The molecule has 2 aromatic carbocycles. The summed E-state index contributed by atoms with van der Waals surface area (Å²) in [6.07, 6.45) is 4.94. The fourth-order valence-electron chi connectivity index (χ4n) is 3.99. The Balaban J connectivity index is 1.25. The number of imidazole rings is 1. The number of amides is 1. The number of carbonyl (C=O) groups excluding carboxylic acids is 1. The number of benzene rings is 2. The molecule has 0 radical (unpaired) electrons. The SMILES string of the molecule is Cc1nccn1-c1nc(-c2ccc(Cl)cc2)c(CCC(=O)Nc2ccc(CP3(=O)OCCCO3)cc2)o1. The smallest absolute Gasteiger partial charge is 0.335 e. The average molecular weight is 541 g/mol. The van der Waals surface area contributed by atoms with Crippen LogP contribution in [-0.4, -0.2) is 33.7 Å². The maximum absolute atomic E-state index is 12.7. The predicted octanol–water partition coefficient (Wildman–Crippen LogP) is 6.19. The first kappa shape index (κ1) is 25.4. The molecular formula is C26H26ClN4O5P. The Kier molecular flexibility index (Phi) is 7.58. The number of nitrogens with one attached hydrogen (secondary N) is 1. The van der Waals surface area contributed by atoms with Crippen LogP contribution in [0, 0.1) is 6.92 Å². The van der Waals surface area contributed by atoms with Gasteiger partial charge in [-0.05, 0) is 43.2 Å². The molecule has 5 rings (SSSR count). The average Bonchev–Trinajstić information content (AvgIpc) is 3.50. The summed E-state index contributed by atoms with van der Waals surface area (Å²) in [7, 11) is -3.09. The minimum Gasteiger partial charge on any atom is -0.427 e. The Morgan fingerprint density at radius 3 is 2.51 bits per heavy atom. The third-order valence-electron chi connectivity index (χ3n) is 5.89. The number of halogens is 1. The molecule has 0 aliphatic carbocycles. The van der Waals surface area contributed by atoms with Crippen LogP contribution >= 0.6 is 19.2 Å². The van der Waals surface area contributed by atoms with Gasteiger partial charge in [0.05, 0.1) is 19.4 Å². The molecule has 37 heavy (non-hydrogen) atoms. The highest BCUT2D eigenvalue weighted by molar-refractivity contribution is 7.53. The van der Waals surface area contributed by atoms with E-state index in [1.54, 1.807) is 41.2 Å². The van der Waals surface area contributed by atoms with Crippen LogP contribution in [0.25, 0.3) is 17.3 Å². The van der Waals surface area contributed by atoms with Crippen molar-refractivity contribution in [2.24, 2.45) is 0 Å². The number of anilines is 1. The molecule has 9 nitrogen and oxygen atoms in total. The van der Waals surface area contributed by atoms with E-state index in [-0.39, 0.29) is 18.5 Å². The normalized spacial score (nSPS) is 15.0. The second-order valence-electron chi connectivity index (χ2n) is 8.65. The first-order valence-corrected chi connectivity index (χ1v) is 14.0. The molecule has 192 valence electrons. The molecule has 3 heterocycles. The standard InChI is InChI=1S/C26H26ClN4O5P/c1-18-28-13-14-31(18)26-30-25(20-5-7-21(27)8-6-20)23(36-26)11-12-24(32)29-22-9-3-19(4-10-22)17-37(33)34-15-2-16-35-37/h3-10,13-14H,2,11-12,15-17H2,1H3,(H,29,32). The third kappa shape index (κ3) is 6.19. The molecule has 0 unspecified atom stereocenters. The highest BCUT2D eigenvalue weighted by Crippen LogP contribution is 2.53. The molecule has 1 aliphatic heterocycles. The van der Waals surface area contributed by atoms with Crippen molar-refractivity contribution in [1.29, 1.82) is 0 Å². The summed E-state index contributed by atoms with van der Waals surface area (Å²) in [5.74, 6) is 1.16. The minimum atomic E-state index is -3.09. The van der Waals surface area contributed by atoms with E-state index in [2.05, 4.69) is 15.3 Å². The zero-order chi connectivity index (χ0) is 25.8. The molecule has 0 bridgehead atoms. The van der Waals surface area contributed by atoms with Gasteiger partial charge in [0.25, 0.3) is 0 Å². The van der Waals surface area contributed by atoms with Gasteiger partial charge in [-0.2, -0.15) is 4.98 Å².